The zero-order valence-electron chi connectivity index (χ0n) is 22.6. The van der Waals surface area contributed by atoms with Gasteiger partial charge in [0.25, 0.3) is 0 Å². The van der Waals surface area contributed by atoms with Crippen LogP contribution >= 0.6 is 11.8 Å². The summed E-state index contributed by atoms with van der Waals surface area (Å²) in [5, 5.41) is 15.3. The maximum absolute atomic E-state index is 13.6. The number of aliphatic hydroxyl groups excluding tert-OH is 1. The van der Waals surface area contributed by atoms with E-state index in [2.05, 4.69) is 5.32 Å². The first-order valence-electron chi connectivity index (χ1n) is 12.9. The van der Waals surface area contributed by atoms with E-state index in [1.54, 1.807) is 0 Å². The lowest BCUT2D eigenvalue weighted by molar-refractivity contribution is -0.159. The zero-order valence-corrected chi connectivity index (χ0v) is 23.4. The van der Waals surface area contributed by atoms with Gasteiger partial charge in [-0.3, -0.25) is 9.59 Å². The van der Waals surface area contributed by atoms with E-state index in [-0.39, 0.29) is 12.5 Å². The molecule has 204 valence electrons. The summed E-state index contributed by atoms with van der Waals surface area (Å²) < 4.78 is 10.5. The van der Waals surface area contributed by atoms with Gasteiger partial charge in [0.2, 0.25) is 5.91 Å². The van der Waals surface area contributed by atoms with Crippen LogP contribution in [0, 0.1) is 5.92 Å². The van der Waals surface area contributed by atoms with Crippen LogP contribution < -0.4 is 5.32 Å². The number of hydrogen-bond donors (Lipinski definition) is 2. The number of carbonyl (C=O) groups excluding carboxylic acids is 3. The molecule has 2 aromatic carbocycles. The summed E-state index contributed by atoms with van der Waals surface area (Å²) in [6, 6.07) is 13.4. The Balaban J connectivity index is 2.20. The molecule has 0 heterocycles. The van der Waals surface area contributed by atoms with Crippen LogP contribution in [0.1, 0.15) is 59.4 Å². The summed E-state index contributed by atoms with van der Waals surface area (Å²) in [6.07, 6.45) is 1.84. The van der Waals surface area contributed by atoms with Crippen molar-refractivity contribution in [1.29, 1.82) is 0 Å². The van der Waals surface area contributed by atoms with Gasteiger partial charge in [-0.25, -0.2) is 4.79 Å². The van der Waals surface area contributed by atoms with E-state index in [0.29, 0.717) is 24.3 Å². The van der Waals surface area contributed by atoms with Crippen LogP contribution in [0.3, 0.4) is 0 Å². The fraction of sp³-hybridized carbons (Fsp3) is 0.552. The van der Waals surface area contributed by atoms with Gasteiger partial charge in [0.05, 0.1) is 12.0 Å². The van der Waals surface area contributed by atoms with Crippen LogP contribution in [0.15, 0.2) is 42.5 Å². The van der Waals surface area contributed by atoms with E-state index in [9.17, 15) is 19.5 Å². The first kappa shape index (κ1) is 30.6. The monoisotopic (exact) mass is 531 g/mol. The van der Waals surface area contributed by atoms with Gasteiger partial charge < -0.3 is 19.9 Å². The van der Waals surface area contributed by atoms with Gasteiger partial charge >= 0.3 is 11.9 Å². The van der Waals surface area contributed by atoms with Crippen molar-refractivity contribution < 1.29 is 29.0 Å². The number of rotatable bonds is 14. The fourth-order valence-electron chi connectivity index (χ4n) is 3.89. The third-order valence-corrected chi connectivity index (χ3v) is 6.94. The lowest BCUT2D eigenvalue weighted by Crippen LogP contribution is -2.47. The number of unbranched alkanes of at least 4 members (excludes halogenated alkanes) is 1. The molecule has 0 saturated heterocycles. The molecule has 0 unspecified atom stereocenters. The topological polar surface area (TPSA) is 102 Å². The van der Waals surface area contributed by atoms with E-state index in [4.69, 9.17) is 9.47 Å². The Labute approximate surface area is 224 Å². The van der Waals surface area contributed by atoms with Crippen molar-refractivity contribution in [2.45, 2.75) is 78.0 Å². The van der Waals surface area contributed by atoms with Gasteiger partial charge in [-0.05, 0) is 49.9 Å². The molecule has 0 fully saturated rings. The summed E-state index contributed by atoms with van der Waals surface area (Å²) in [4.78, 5) is 37.4. The Bertz CT molecular complexity index is 1030. The maximum atomic E-state index is 13.6. The molecule has 7 nitrogen and oxygen atoms in total. The Morgan fingerprint density at radius 1 is 1.05 bits per heavy atom. The molecule has 0 aromatic heterocycles. The van der Waals surface area contributed by atoms with Gasteiger partial charge in [0, 0.05) is 18.4 Å². The van der Waals surface area contributed by atoms with E-state index in [0.717, 1.165) is 29.2 Å². The van der Waals surface area contributed by atoms with Crippen molar-refractivity contribution in [3.05, 3.63) is 48.0 Å². The maximum Gasteiger partial charge on any atom is 0.329 e. The summed E-state index contributed by atoms with van der Waals surface area (Å²) in [5.41, 5.74) is 0.393. The second-order valence-electron chi connectivity index (χ2n) is 10.3. The average molecular weight is 532 g/mol. The molecule has 0 saturated carbocycles. The number of aliphatic hydroxyl groups is 1. The van der Waals surface area contributed by atoms with Crippen LogP contribution in [0.25, 0.3) is 10.8 Å². The molecule has 0 radical (unpaired) electrons. The smallest absolute Gasteiger partial charge is 0.329 e. The predicted octanol–water partition coefficient (Wildman–Crippen LogP) is 4.67. The Morgan fingerprint density at radius 2 is 1.76 bits per heavy atom. The van der Waals surface area contributed by atoms with Gasteiger partial charge in [0.1, 0.15) is 18.2 Å². The fourth-order valence-corrected chi connectivity index (χ4v) is 4.95. The normalized spacial score (nSPS) is 14.0. The Morgan fingerprint density at radius 3 is 2.43 bits per heavy atom. The molecular weight excluding hydrogens is 490 g/mol. The number of fused-ring (bicyclic) bond motifs is 1. The summed E-state index contributed by atoms with van der Waals surface area (Å²) in [6.45, 7) is 8.68. The van der Waals surface area contributed by atoms with Gasteiger partial charge in [-0.2, -0.15) is 11.8 Å². The number of esters is 2. The average Bonchev–Trinajstić information content (AvgIpc) is 2.83. The van der Waals surface area contributed by atoms with Crippen molar-refractivity contribution in [2.24, 2.45) is 5.92 Å². The minimum absolute atomic E-state index is 0.0831. The van der Waals surface area contributed by atoms with E-state index in [1.165, 1.54) is 18.7 Å². The Hall–Kier alpha value is -2.58. The first-order chi connectivity index (χ1) is 17.5. The highest BCUT2D eigenvalue weighted by Crippen LogP contribution is 2.24. The van der Waals surface area contributed by atoms with Gasteiger partial charge in [0.15, 0.2) is 0 Å². The number of thioether (sulfide) groups is 1. The van der Waals surface area contributed by atoms with Crippen molar-refractivity contribution in [1.82, 2.24) is 5.32 Å². The molecule has 0 aliphatic rings. The second-order valence-corrected chi connectivity index (χ2v) is 11.3. The lowest BCUT2D eigenvalue weighted by Gasteiger charge is -2.26. The molecule has 0 spiro atoms. The van der Waals surface area contributed by atoms with Crippen LogP contribution in [0.5, 0.6) is 0 Å². The molecule has 0 aliphatic heterocycles. The molecular formula is C29H41NO6S. The summed E-state index contributed by atoms with van der Waals surface area (Å²) >= 11 is 1.42. The van der Waals surface area contributed by atoms with Crippen molar-refractivity contribution in [3.8, 4) is 0 Å². The summed E-state index contributed by atoms with van der Waals surface area (Å²) in [7, 11) is 0. The van der Waals surface area contributed by atoms with Crippen LogP contribution in [0.4, 0.5) is 0 Å². The summed E-state index contributed by atoms with van der Waals surface area (Å²) in [5.74, 6) is -0.788. The lowest BCUT2D eigenvalue weighted by atomic mass is 9.95. The molecule has 1 amide bonds. The SMILES string of the molecule is CCCC[C@H](NC(=O)[C@@H](CSC[C@@H](O)COC(C)=O)Cc1cccc2ccccc12)C(=O)OC(C)(C)C. The number of nitrogens with one attached hydrogen (secondary N) is 1. The van der Waals surface area contributed by atoms with Gasteiger partial charge in [-0.15, -0.1) is 0 Å². The second kappa shape index (κ2) is 15.0. The largest absolute Gasteiger partial charge is 0.463 e. The van der Waals surface area contributed by atoms with Crippen LogP contribution in [-0.2, 0) is 30.3 Å². The quantitative estimate of drug-likeness (QED) is 0.342. The number of amides is 1. The minimum atomic E-state index is -0.825. The van der Waals surface area contributed by atoms with Crippen LogP contribution in [-0.4, -0.2) is 58.8 Å². The highest BCUT2D eigenvalue weighted by atomic mass is 32.2. The number of hydrogen-bond acceptors (Lipinski definition) is 7. The molecule has 0 aliphatic carbocycles. The first-order valence-corrected chi connectivity index (χ1v) is 14.0. The van der Waals surface area contributed by atoms with Crippen LogP contribution in [0.2, 0.25) is 0 Å². The van der Waals surface area contributed by atoms with Crippen molar-refractivity contribution in [2.75, 3.05) is 18.1 Å². The molecule has 2 aromatic rings. The minimum Gasteiger partial charge on any atom is -0.463 e. The van der Waals surface area contributed by atoms with E-state index >= 15 is 0 Å². The zero-order chi connectivity index (χ0) is 27.4. The molecule has 2 rings (SSSR count). The van der Waals surface area contributed by atoms with Crippen molar-refractivity contribution >= 4 is 40.4 Å². The third-order valence-electron chi connectivity index (χ3n) is 5.68. The standard InChI is InChI=1S/C29H41NO6S/c1-6-7-15-26(28(34)36-29(3,4)5)30-27(33)23(18-37-19-24(32)17-35-20(2)31)16-22-13-10-12-21-11-8-9-14-25(21)22/h8-14,23-24,26,32H,6-7,15-19H2,1-5H3,(H,30,33)/t23-,24+,26+/m1/s1. The van der Waals surface area contributed by atoms with Gasteiger partial charge in [-0.1, -0.05) is 62.2 Å². The predicted molar refractivity (Wildman–Crippen MR) is 148 cm³/mol. The molecule has 3 atom stereocenters. The van der Waals surface area contributed by atoms with E-state index in [1.807, 2.05) is 70.2 Å². The molecule has 8 heteroatoms. The highest BCUT2D eigenvalue weighted by molar-refractivity contribution is 7.99. The Kier molecular flexibility index (Phi) is 12.4. The number of carbonyl (C=O) groups is 3. The van der Waals surface area contributed by atoms with E-state index < -0.39 is 35.6 Å². The number of benzene rings is 2. The number of ether oxygens (including phenoxy) is 2. The third kappa shape index (κ3) is 11.1. The molecule has 2 N–H and O–H groups in total. The van der Waals surface area contributed by atoms with Crippen molar-refractivity contribution in [3.63, 3.8) is 0 Å². The highest BCUT2D eigenvalue weighted by Gasteiger charge is 2.29. The molecule has 37 heavy (non-hydrogen) atoms. The molecule has 0 bridgehead atoms.